The molecule has 26 heteroatoms. The molecule has 25 unspecified atom stereocenters. The molecule has 0 amide bonds. The summed E-state index contributed by atoms with van der Waals surface area (Å²) in [5, 5.41) is 14.0. The summed E-state index contributed by atoms with van der Waals surface area (Å²) >= 11 is 0. The summed E-state index contributed by atoms with van der Waals surface area (Å²) in [5.41, 5.74) is 8.51. The van der Waals surface area contributed by atoms with Crippen molar-refractivity contribution in [1.82, 2.24) is 0 Å². The molecule has 0 radical (unpaired) electrons. The molecule has 5 fully saturated rings. The minimum absolute atomic E-state index is 0.0149. The lowest BCUT2D eigenvalue weighted by atomic mass is 9.87. The standard InChI is InChI=1S/C109H124O26/c1-72-74(3)125-91(69-116-59-80-41-21-9-22-42-80)98(94(72)118-61-82-45-25-11-26-46-82)133-106-73(2)95(119-62-83-47-27-12-28-48-83)99(92(130-106)70-117-60-81-43-23-10-24-44-81)134-108-103(126-75(4)110)100(135-109-105(128-77(6)112)102(123-66-87-55-35-16-36-56-87)97(121-64-85-51-31-14-32-52-85)90(132-109)68-115-58-79-39-19-8-20-40-79)93(113)88(129-108)71-124-107-104(127-76(5)111)101(122-65-86-53-33-15-34-54-86)96(120-63-84-49-29-13-30-50-84)89(131-107)67-114-57-78-37-17-7-18-38-78/h7-56,72-74,88-109,113H,57-71H2,1-6H3. The second-order valence-electron chi connectivity index (χ2n) is 34.7. The van der Waals surface area contributed by atoms with Crippen LogP contribution in [0.2, 0.25) is 0 Å². The van der Waals surface area contributed by atoms with Gasteiger partial charge in [-0.2, -0.15) is 0 Å². The van der Waals surface area contributed by atoms with Gasteiger partial charge in [-0.05, 0) is 62.6 Å². The van der Waals surface area contributed by atoms with E-state index >= 15 is 0 Å². The van der Waals surface area contributed by atoms with E-state index in [9.17, 15) is 19.5 Å². The summed E-state index contributed by atoms with van der Waals surface area (Å²) in [5.74, 6) is -3.37. The van der Waals surface area contributed by atoms with Crippen molar-refractivity contribution in [2.45, 2.75) is 249 Å². The number of aliphatic hydroxyl groups excluding tert-OH is 1. The van der Waals surface area contributed by atoms with Crippen LogP contribution in [0.3, 0.4) is 0 Å². The molecule has 0 saturated carbocycles. The highest BCUT2D eigenvalue weighted by molar-refractivity contribution is 5.67. The van der Waals surface area contributed by atoms with E-state index in [2.05, 4.69) is 6.92 Å². The first kappa shape index (κ1) is 99.3. The first-order valence-electron chi connectivity index (χ1n) is 46.5. The van der Waals surface area contributed by atoms with E-state index in [0.29, 0.717) is 0 Å². The molecule has 10 aromatic rings. The number of esters is 3. The number of aliphatic hydroxyl groups is 1. The van der Waals surface area contributed by atoms with Crippen LogP contribution in [0.25, 0.3) is 0 Å². The summed E-state index contributed by atoms with van der Waals surface area (Å²) in [6, 6.07) is 96.5. The van der Waals surface area contributed by atoms with Gasteiger partial charge in [0.05, 0.1) is 117 Å². The third kappa shape index (κ3) is 28.7. The molecule has 5 aliphatic heterocycles. The predicted molar refractivity (Wildman–Crippen MR) is 495 cm³/mol. The van der Waals surface area contributed by atoms with E-state index < -0.39 is 165 Å². The van der Waals surface area contributed by atoms with Gasteiger partial charge < -0.3 is 109 Å². The Morgan fingerprint density at radius 2 is 0.459 bits per heavy atom. The van der Waals surface area contributed by atoms with Crippen LogP contribution in [-0.2, 0) is 185 Å². The Hall–Kier alpha value is -10.2. The zero-order valence-electron chi connectivity index (χ0n) is 77.1. The fourth-order valence-electron chi connectivity index (χ4n) is 17.6. The maximum absolute atomic E-state index is 14.6. The van der Waals surface area contributed by atoms with E-state index in [1.54, 1.807) is 0 Å². The number of hydrogen-bond acceptors (Lipinski definition) is 26. The number of carbonyl (C=O) groups excluding carboxylic acids is 3. The highest BCUT2D eigenvalue weighted by Crippen LogP contribution is 2.43. The third-order valence-corrected chi connectivity index (χ3v) is 24.6. The monoisotopic (exact) mass is 1850 g/mol. The minimum Gasteiger partial charge on any atom is -0.454 e. The lowest BCUT2D eigenvalue weighted by Crippen LogP contribution is -2.68. The summed E-state index contributed by atoms with van der Waals surface area (Å²) in [7, 11) is 0. The third-order valence-electron chi connectivity index (χ3n) is 24.6. The van der Waals surface area contributed by atoms with Gasteiger partial charge in [0, 0.05) is 32.6 Å². The molecular weight excluding hydrogens is 1730 g/mol. The quantitative estimate of drug-likeness (QED) is 0.0274. The Morgan fingerprint density at radius 3 is 0.778 bits per heavy atom. The SMILES string of the molecule is CC(=O)OC1C(OC2C(COCc3ccccc3)OC(OC3C(COCc4ccccc4)OC(C)C(C)C3OCc3ccccc3)C(C)C2OCc2ccccc2)OC(COC2OC(COCc3ccccc3)C(OCc3ccccc3)C(OCc3ccccc3)C2OC(C)=O)C(O)C1OC1OC(COCc2ccccc2)C(OCc2ccccc2)C(OCc2ccccc2)C1OC(C)=O. The molecule has 0 bridgehead atoms. The van der Waals surface area contributed by atoms with E-state index in [1.165, 1.54) is 20.8 Å². The molecule has 5 saturated heterocycles. The maximum Gasteiger partial charge on any atom is 0.303 e. The molecule has 10 aromatic carbocycles. The Bertz CT molecular complexity index is 5070. The largest absolute Gasteiger partial charge is 0.454 e. The van der Waals surface area contributed by atoms with Crippen molar-refractivity contribution in [3.8, 4) is 0 Å². The molecule has 25 atom stereocenters. The van der Waals surface area contributed by atoms with Crippen LogP contribution < -0.4 is 0 Å². The number of rotatable bonds is 46. The van der Waals surface area contributed by atoms with Gasteiger partial charge in [0.2, 0.25) is 0 Å². The second kappa shape index (κ2) is 51.3. The summed E-state index contributed by atoms with van der Waals surface area (Å²) in [4.78, 5) is 42.8. The van der Waals surface area contributed by atoms with Gasteiger partial charge in [-0.25, -0.2) is 0 Å². The summed E-state index contributed by atoms with van der Waals surface area (Å²) in [6.45, 7) is 9.85. The Morgan fingerprint density at radius 1 is 0.230 bits per heavy atom. The molecule has 5 aliphatic rings. The fourth-order valence-corrected chi connectivity index (χ4v) is 17.6. The number of ether oxygens (including phenoxy) is 22. The van der Waals surface area contributed by atoms with E-state index in [0.717, 1.165) is 55.6 Å². The first-order chi connectivity index (χ1) is 66.1. The highest BCUT2D eigenvalue weighted by atomic mass is 16.8. The highest BCUT2D eigenvalue weighted by Gasteiger charge is 2.60. The molecule has 0 aliphatic carbocycles. The van der Waals surface area contributed by atoms with Gasteiger partial charge in [-0.3, -0.25) is 14.4 Å². The van der Waals surface area contributed by atoms with Gasteiger partial charge in [0.25, 0.3) is 0 Å². The topological polar surface area (TPSA) is 274 Å². The average molecular weight is 1850 g/mol. The summed E-state index contributed by atoms with van der Waals surface area (Å²) in [6.07, 6.45) is -29.1. The number of hydrogen-bond donors (Lipinski definition) is 1. The zero-order valence-corrected chi connectivity index (χ0v) is 77.1. The van der Waals surface area contributed by atoms with Crippen molar-refractivity contribution in [3.63, 3.8) is 0 Å². The van der Waals surface area contributed by atoms with Gasteiger partial charge in [0.15, 0.2) is 43.5 Å². The van der Waals surface area contributed by atoms with E-state index in [4.69, 9.17) is 104 Å². The first-order valence-corrected chi connectivity index (χ1v) is 46.5. The van der Waals surface area contributed by atoms with Crippen molar-refractivity contribution in [2.75, 3.05) is 33.0 Å². The maximum atomic E-state index is 14.6. The molecular formula is C109H124O26. The Balaban J connectivity index is 0.840. The van der Waals surface area contributed by atoms with Crippen LogP contribution in [0.4, 0.5) is 0 Å². The molecule has 135 heavy (non-hydrogen) atoms. The minimum atomic E-state index is -1.95. The molecule has 5 heterocycles. The lowest BCUT2D eigenvalue weighted by molar-refractivity contribution is -0.391. The van der Waals surface area contributed by atoms with Crippen LogP contribution in [0, 0.1) is 11.8 Å². The van der Waals surface area contributed by atoms with Crippen LogP contribution in [0.5, 0.6) is 0 Å². The second-order valence-corrected chi connectivity index (χ2v) is 34.7. The van der Waals surface area contributed by atoms with Crippen molar-refractivity contribution < 1.29 is 124 Å². The molecule has 1 N–H and O–H groups in total. The van der Waals surface area contributed by atoms with E-state index in [-0.39, 0.29) is 105 Å². The summed E-state index contributed by atoms with van der Waals surface area (Å²) < 4.78 is 154. The van der Waals surface area contributed by atoms with Gasteiger partial charge >= 0.3 is 17.9 Å². The van der Waals surface area contributed by atoms with Crippen LogP contribution in [0.15, 0.2) is 303 Å². The van der Waals surface area contributed by atoms with E-state index in [1.807, 2.05) is 317 Å². The van der Waals surface area contributed by atoms with Gasteiger partial charge in [-0.1, -0.05) is 317 Å². The van der Waals surface area contributed by atoms with Crippen molar-refractivity contribution in [2.24, 2.45) is 11.8 Å². The number of benzene rings is 10. The average Bonchev–Trinajstić information content (AvgIpc) is 0.759. The molecule has 0 spiro atoms. The van der Waals surface area contributed by atoms with Gasteiger partial charge in [0.1, 0.15) is 79.4 Å². The lowest BCUT2D eigenvalue weighted by Gasteiger charge is -2.52. The normalized spacial score (nSPS) is 28.5. The Labute approximate surface area is 790 Å². The van der Waals surface area contributed by atoms with Crippen LogP contribution in [-0.4, -0.2) is 197 Å². The molecule has 716 valence electrons. The smallest absolute Gasteiger partial charge is 0.303 e. The Kier molecular flexibility index (Phi) is 37.7. The molecule has 26 nitrogen and oxygen atoms in total. The van der Waals surface area contributed by atoms with Crippen LogP contribution >= 0.6 is 0 Å². The van der Waals surface area contributed by atoms with Crippen molar-refractivity contribution in [1.29, 1.82) is 0 Å². The zero-order chi connectivity index (χ0) is 93.5. The molecule has 15 rings (SSSR count). The molecule has 0 aromatic heterocycles. The van der Waals surface area contributed by atoms with Gasteiger partial charge in [-0.15, -0.1) is 0 Å². The van der Waals surface area contributed by atoms with Crippen molar-refractivity contribution >= 4 is 17.9 Å². The van der Waals surface area contributed by atoms with Crippen molar-refractivity contribution in [3.05, 3.63) is 359 Å². The number of carbonyl (C=O) groups is 3. The van der Waals surface area contributed by atoms with Crippen LogP contribution in [0.1, 0.15) is 97.2 Å². The fraction of sp³-hybridized carbons (Fsp3) is 0.422. The predicted octanol–water partition coefficient (Wildman–Crippen LogP) is 15.7.